The third-order valence-electron chi connectivity index (χ3n) is 7.08. The third kappa shape index (κ3) is 6.98. The molecule has 4 rings (SSSR count). The molecule has 8 heteroatoms. The van der Waals surface area contributed by atoms with Crippen LogP contribution in [0.5, 0.6) is 0 Å². The number of amides is 1. The van der Waals surface area contributed by atoms with E-state index in [-0.39, 0.29) is 35.0 Å². The summed E-state index contributed by atoms with van der Waals surface area (Å²) in [4.78, 5) is 13.4. The van der Waals surface area contributed by atoms with Gasteiger partial charge in [0, 0.05) is 30.7 Å². The van der Waals surface area contributed by atoms with Gasteiger partial charge in [0.2, 0.25) is 16.4 Å². The molecule has 0 heterocycles. The lowest BCUT2D eigenvalue weighted by molar-refractivity contribution is -0.121. The van der Waals surface area contributed by atoms with Crippen LogP contribution in [0.2, 0.25) is 5.02 Å². The quantitative estimate of drug-likeness (QED) is 0.287. The zero-order chi connectivity index (χ0) is 26.4. The molecule has 0 atom stereocenters. The van der Waals surface area contributed by atoms with Gasteiger partial charge >= 0.3 is 0 Å². The monoisotopic (exact) mass is 542 g/mol. The van der Waals surface area contributed by atoms with Crippen molar-refractivity contribution in [3.05, 3.63) is 100 Å². The van der Waals surface area contributed by atoms with Crippen molar-refractivity contribution in [2.75, 3.05) is 6.54 Å². The van der Waals surface area contributed by atoms with Gasteiger partial charge in [-0.3, -0.25) is 4.79 Å². The van der Waals surface area contributed by atoms with Crippen LogP contribution in [-0.2, 0) is 27.9 Å². The van der Waals surface area contributed by atoms with Crippen LogP contribution < -0.4 is 0 Å². The van der Waals surface area contributed by atoms with Crippen molar-refractivity contribution in [2.24, 2.45) is 5.92 Å². The first-order valence-corrected chi connectivity index (χ1v) is 14.3. The second-order valence-electron chi connectivity index (χ2n) is 9.80. The molecule has 5 nitrogen and oxygen atoms in total. The van der Waals surface area contributed by atoms with Gasteiger partial charge in [0.05, 0.1) is 0 Å². The second kappa shape index (κ2) is 12.2. The Hall–Kier alpha value is -2.74. The molecule has 37 heavy (non-hydrogen) atoms. The number of aryl methyl sites for hydroxylation is 1. The number of carbonyl (C=O) groups is 1. The molecule has 196 valence electrons. The number of hydrogen-bond donors (Lipinski definition) is 0. The molecule has 0 spiro atoms. The lowest BCUT2D eigenvalue weighted by Crippen LogP contribution is -2.40. The molecule has 0 aromatic heterocycles. The van der Waals surface area contributed by atoms with Crippen LogP contribution in [0.3, 0.4) is 0 Å². The molecule has 3 aromatic carbocycles. The zero-order valence-electron chi connectivity index (χ0n) is 20.9. The van der Waals surface area contributed by atoms with Crippen molar-refractivity contribution in [3.63, 3.8) is 0 Å². The predicted octanol–water partition coefficient (Wildman–Crippen LogP) is 6.20. The lowest BCUT2D eigenvalue weighted by atomic mass is 9.85. The molecule has 1 aliphatic carbocycles. The minimum Gasteiger partial charge on any atom is -0.338 e. The summed E-state index contributed by atoms with van der Waals surface area (Å²) in [5.41, 5.74) is 3.10. The highest BCUT2D eigenvalue weighted by atomic mass is 35.5. The van der Waals surface area contributed by atoms with Gasteiger partial charge in [0.1, 0.15) is 10.7 Å². The maximum Gasteiger partial charge on any atom is 0.246 e. The van der Waals surface area contributed by atoms with Gasteiger partial charge in [-0.1, -0.05) is 71.8 Å². The number of hydrogen-bond acceptors (Lipinski definition) is 3. The number of benzene rings is 3. The highest BCUT2D eigenvalue weighted by molar-refractivity contribution is 7.89. The van der Waals surface area contributed by atoms with Crippen LogP contribution in [0.25, 0.3) is 0 Å². The smallest absolute Gasteiger partial charge is 0.246 e. The summed E-state index contributed by atoms with van der Waals surface area (Å²) in [6.07, 6.45) is 4.08. The minimum atomic E-state index is -4.09. The SMILES string of the molecule is Cc1ccc(CN(C=O)C2CCC(CN(Cc3ccccc3)S(=O)(=O)c3ccc(Cl)cc3F)CC2)cc1. The number of nitrogens with zero attached hydrogens (tertiary/aromatic N) is 2. The van der Waals surface area contributed by atoms with Crippen molar-refractivity contribution in [1.82, 2.24) is 9.21 Å². The van der Waals surface area contributed by atoms with Crippen LogP contribution in [0.4, 0.5) is 4.39 Å². The fraction of sp³-hybridized carbons (Fsp3) is 0.345. The molecule has 0 N–H and O–H groups in total. The molecule has 3 aromatic rings. The summed E-state index contributed by atoms with van der Waals surface area (Å²) in [5, 5.41) is 0.148. The highest BCUT2D eigenvalue weighted by Gasteiger charge is 2.32. The standard InChI is InChI=1S/C29H32ClFN2O3S/c1-22-7-9-24(10-8-22)18-32(21-34)27-14-11-25(12-15-27)20-33(19-23-5-3-2-4-6-23)37(35,36)29-16-13-26(30)17-28(29)31/h2-10,13,16-17,21,25,27H,11-12,14-15,18-20H2,1H3. The summed E-state index contributed by atoms with van der Waals surface area (Å²) < 4.78 is 43.2. The lowest BCUT2D eigenvalue weighted by Gasteiger charge is -2.36. The van der Waals surface area contributed by atoms with Crippen LogP contribution >= 0.6 is 11.6 Å². The number of halogens is 2. The van der Waals surface area contributed by atoms with Gasteiger partial charge in [-0.15, -0.1) is 0 Å². The normalized spacial score (nSPS) is 18.1. The van der Waals surface area contributed by atoms with E-state index < -0.39 is 15.8 Å². The molecular weight excluding hydrogens is 511 g/mol. The fourth-order valence-corrected chi connectivity index (χ4v) is 6.67. The molecular formula is C29H32ClFN2O3S. The van der Waals surface area contributed by atoms with Gasteiger partial charge in [-0.25, -0.2) is 12.8 Å². The molecule has 1 aliphatic rings. The fourth-order valence-electron chi connectivity index (χ4n) is 4.96. The maximum absolute atomic E-state index is 14.7. The molecule has 1 saturated carbocycles. The summed E-state index contributed by atoms with van der Waals surface area (Å²) in [5.74, 6) is -0.745. The molecule has 1 fully saturated rings. The van der Waals surface area contributed by atoms with Crippen molar-refractivity contribution >= 4 is 28.0 Å². The minimum absolute atomic E-state index is 0.109. The van der Waals surface area contributed by atoms with Crippen molar-refractivity contribution in [1.29, 1.82) is 0 Å². The first-order chi connectivity index (χ1) is 17.8. The Balaban J connectivity index is 1.46. The third-order valence-corrected chi connectivity index (χ3v) is 9.16. The maximum atomic E-state index is 14.7. The average Bonchev–Trinajstić information content (AvgIpc) is 2.89. The molecule has 0 unspecified atom stereocenters. The van der Waals surface area contributed by atoms with Gasteiger partial charge in [0.15, 0.2) is 0 Å². The molecule has 0 saturated heterocycles. The summed E-state index contributed by atoms with van der Waals surface area (Å²) in [6, 6.07) is 21.3. The second-order valence-corrected chi connectivity index (χ2v) is 12.1. The van der Waals surface area contributed by atoms with E-state index in [0.29, 0.717) is 6.54 Å². The Morgan fingerprint density at radius 1 is 0.919 bits per heavy atom. The summed E-state index contributed by atoms with van der Waals surface area (Å²) >= 11 is 5.86. The van der Waals surface area contributed by atoms with E-state index in [4.69, 9.17) is 11.6 Å². The number of carbonyl (C=O) groups excluding carboxylic acids is 1. The zero-order valence-corrected chi connectivity index (χ0v) is 22.5. The van der Waals surface area contributed by atoms with E-state index >= 15 is 0 Å². The van der Waals surface area contributed by atoms with Crippen molar-refractivity contribution in [2.45, 2.75) is 56.6 Å². The van der Waals surface area contributed by atoms with E-state index in [0.717, 1.165) is 49.3 Å². The van der Waals surface area contributed by atoms with Crippen LogP contribution in [0, 0.1) is 18.7 Å². The molecule has 1 amide bonds. The van der Waals surface area contributed by atoms with Crippen LogP contribution in [0.1, 0.15) is 42.4 Å². The average molecular weight is 543 g/mol. The Morgan fingerprint density at radius 2 is 1.57 bits per heavy atom. The van der Waals surface area contributed by atoms with Crippen molar-refractivity contribution in [3.8, 4) is 0 Å². The highest BCUT2D eigenvalue weighted by Crippen LogP contribution is 2.31. The first-order valence-electron chi connectivity index (χ1n) is 12.5. The van der Waals surface area contributed by atoms with Crippen LogP contribution in [0.15, 0.2) is 77.7 Å². The van der Waals surface area contributed by atoms with Gasteiger partial charge in [-0.05, 0) is 67.9 Å². The van der Waals surface area contributed by atoms with E-state index in [1.165, 1.54) is 22.0 Å². The van der Waals surface area contributed by atoms with Crippen LogP contribution in [-0.4, -0.2) is 36.6 Å². The number of rotatable bonds is 10. The van der Waals surface area contributed by atoms with Crippen molar-refractivity contribution < 1.29 is 17.6 Å². The van der Waals surface area contributed by atoms with E-state index in [2.05, 4.69) is 0 Å². The molecule has 0 aliphatic heterocycles. The first kappa shape index (κ1) is 27.3. The molecule has 0 radical (unpaired) electrons. The van der Waals surface area contributed by atoms with Gasteiger partial charge in [-0.2, -0.15) is 4.31 Å². The Bertz CT molecular complexity index is 1290. The van der Waals surface area contributed by atoms with E-state index in [1.54, 1.807) is 0 Å². The predicted molar refractivity (Wildman–Crippen MR) is 144 cm³/mol. The van der Waals surface area contributed by atoms with E-state index in [1.807, 2.05) is 66.4 Å². The Labute approximate surface area is 223 Å². The van der Waals surface area contributed by atoms with E-state index in [9.17, 15) is 17.6 Å². The molecule has 0 bridgehead atoms. The Kier molecular flexibility index (Phi) is 9.00. The summed E-state index contributed by atoms with van der Waals surface area (Å²) in [6.45, 7) is 3.03. The number of sulfonamides is 1. The largest absolute Gasteiger partial charge is 0.338 e. The topological polar surface area (TPSA) is 57.7 Å². The summed E-state index contributed by atoms with van der Waals surface area (Å²) in [7, 11) is -4.09. The van der Waals surface area contributed by atoms with Gasteiger partial charge < -0.3 is 4.90 Å². The Morgan fingerprint density at radius 3 is 2.19 bits per heavy atom. The van der Waals surface area contributed by atoms with Gasteiger partial charge in [0.25, 0.3) is 0 Å².